The minimum atomic E-state index is -0.0552. The lowest BCUT2D eigenvalue weighted by Gasteiger charge is -2.26. The van der Waals surface area contributed by atoms with E-state index in [0.717, 1.165) is 25.0 Å². The van der Waals surface area contributed by atoms with Crippen molar-refractivity contribution in [2.45, 2.75) is 64.3 Å². The summed E-state index contributed by atoms with van der Waals surface area (Å²) in [6.07, 6.45) is 3.43. The molecule has 0 radical (unpaired) electrons. The normalized spacial score (nSPS) is 24.3. The van der Waals surface area contributed by atoms with Crippen molar-refractivity contribution in [3.8, 4) is 0 Å². The van der Waals surface area contributed by atoms with Crippen LogP contribution in [-0.2, 0) is 16.6 Å². The van der Waals surface area contributed by atoms with E-state index < -0.39 is 0 Å². The van der Waals surface area contributed by atoms with Crippen LogP contribution >= 0.6 is 11.3 Å². The molecule has 0 spiro atoms. The van der Waals surface area contributed by atoms with Crippen molar-refractivity contribution >= 4 is 17.2 Å². The topological polar surface area (TPSA) is 42.0 Å². The van der Waals surface area contributed by atoms with Gasteiger partial charge in [0, 0.05) is 29.2 Å². The molecule has 18 heavy (non-hydrogen) atoms. The van der Waals surface area contributed by atoms with Crippen LogP contribution in [0.25, 0.3) is 0 Å². The SMILES string of the molecule is CCC1(Cc2csc(C(C)(C)C)n2)CCC(=O)N1. The van der Waals surface area contributed by atoms with Gasteiger partial charge in [-0.05, 0) is 12.8 Å². The number of hydrogen-bond donors (Lipinski definition) is 1. The lowest BCUT2D eigenvalue weighted by molar-refractivity contribution is -0.119. The molecule has 1 aliphatic heterocycles. The first-order valence-electron chi connectivity index (χ1n) is 6.60. The van der Waals surface area contributed by atoms with Crippen LogP contribution in [0.2, 0.25) is 0 Å². The third-order valence-electron chi connectivity index (χ3n) is 3.62. The monoisotopic (exact) mass is 266 g/mol. The van der Waals surface area contributed by atoms with Gasteiger partial charge in [-0.25, -0.2) is 4.98 Å². The van der Waals surface area contributed by atoms with Gasteiger partial charge in [-0.1, -0.05) is 27.7 Å². The molecular weight excluding hydrogens is 244 g/mol. The highest BCUT2D eigenvalue weighted by Crippen LogP contribution is 2.31. The van der Waals surface area contributed by atoms with Crippen LogP contribution < -0.4 is 5.32 Å². The van der Waals surface area contributed by atoms with Gasteiger partial charge in [0.25, 0.3) is 0 Å². The van der Waals surface area contributed by atoms with Gasteiger partial charge < -0.3 is 5.32 Å². The summed E-state index contributed by atoms with van der Waals surface area (Å²) in [5, 5.41) is 6.45. The number of rotatable bonds is 3. The molecule has 3 nitrogen and oxygen atoms in total. The second-order valence-corrected chi connectivity index (χ2v) is 7.11. The Morgan fingerprint density at radius 1 is 1.50 bits per heavy atom. The van der Waals surface area contributed by atoms with Crippen molar-refractivity contribution in [1.29, 1.82) is 0 Å². The molecule has 1 atom stereocenters. The van der Waals surface area contributed by atoms with Crippen LogP contribution in [0.1, 0.15) is 57.7 Å². The zero-order valence-electron chi connectivity index (χ0n) is 11.7. The molecule has 1 N–H and O–H groups in total. The van der Waals surface area contributed by atoms with E-state index in [-0.39, 0.29) is 16.9 Å². The lowest BCUT2D eigenvalue weighted by atomic mass is 9.89. The fourth-order valence-electron chi connectivity index (χ4n) is 2.38. The van der Waals surface area contributed by atoms with Crippen molar-refractivity contribution in [3.05, 3.63) is 16.1 Å². The maximum absolute atomic E-state index is 11.4. The predicted molar refractivity (Wildman–Crippen MR) is 74.9 cm³/mol. The van der Waals surface area contributed by atoms with E-state index in [0.29, 0.717) is 6.42 Å². The molecule has 0 aromatic carbocycles. The third-order valence-corrected chi connectivity index (χ3v) is 4.94. The van der Waals surface area contributed by atoms with E-state index in [1.165, 1.54) is 5.01 Å². The van der Waals surface area contributed by atoms with Gasteiger partial charge in [-0.3, -0.25) is 4.79 Å². The summed E-state index contributed by atoms with van der Waals surface area (Å²) in [6, 6.07) is 0. The fraction of sp³-hybridized carbons (Fsp3) is 0.714. The first-order chi connectivity index (χ1) is 8.35. The molecule has 1 aromatic heterocycles. The largest absolute Gasteiger partial charge is 0.350 e. The Labute approximate surface area is 113 Å². The summed E-state index contributed by atoms with van der Waals surface area (Å²) in [4.78, 5) is 16.2. The molecule has 1 amide bonds. The highest BCUT2D eigenvalue weighted by Gasteiger charge is 2.36. The number of carbonyl (C=O) groups excluding carboxylic acids is 1. The summed E-state index contributed by atoms with van der Waals surface area (Å²) in [5.41, 5.74) is 1.18. The molecule has 100 valence electrons. The van der Waals surface area contributed by atoms with E-state index >= 15 is 0 Å². The van der Waals surface area contributed by atoms with Crippen molar-refractivity contribution in [2.24, 2.45) is 0 Å². The summed E-state index contributed by atoms with van der Waals surface area (Å²) in [5.74, 6) is 0.183. The van der Waals surface area contributed by atoms with Crippen LogP contribution in [0.15, 0.2) is 5.38 Å². The average molecular weight is 266 g/mol. The Morgan fingerprint density at radius 3 is 2.67 bits per heavy atom. The fourth-order valence-corrected chi connectivity index (χ4v) is 3.28. The van der Waals surface area contributed by atoms with Crippen molar-refractivity contribution in [1.82, 2.24) is 10.3 Å². The molecule has 4 heteroatoms. The number of nitrogens with zero attached hydrogens (tertiary/aromatic N) is 1. The molecule has 1 aromatic rings. The summed E-state index contributed by atoms with van der Waals surface area (Å²) in [6.45, 7) is 8.69. The summed E-state index contributed by atoms with van der Waals surface area (Å²) >= 11 is 1.73. The van der Waals surface area contributed by atoms with Crippen molar-refractivity contribution in [2.75, 3.05) is 0 Å². The first kappa shape index (κ1) is 13.5. The van der Waals surface area contributed by atoms with Gasteiger partial charge in [0.15, 0.2) is 0 Å². The number of amides is 1. The molecule has 1 fully saturated rings. The number of thiazole rings is 1. The second kappa shape index (κ2) is 4.65. The van der Waals surface area contributed by atoms with Crippen molar-refractivity contribution in [3.63, 3.8) is 0 Å². The minimum absolute atomic E-state index is 0.0552. The molecule has 0 saturated carbocycles. The van der Waals surface area contributed by atoms with Crippen LogP contribution in [0, 0.1) is 0 Å². The lowest BCUT2D eigenvalue weighted by Crippen LogP contribution is -2.43. The summed E-state index contributed by atoms with van der Waals surface area (Å²) in [7, 11) is 0. The number of nitrogens with one attached hydrogen (secondary N) is 1. The van der Waals surface area contributed by atoms with E-state index in [1.807, 2.05) is 0 Å². The van der Waals surface area contributed by atoms with Gasteiger partial charge in [-0.2, -0.15) is 0 Å². The third kappa shape index (κ3) is 2.74. The molecule has 1 saturated heterocycles. The zero-order chi connectivity index (χ0) is 13.4. The van der Waals surface area contributed by atoms with Gasteiger partial charge in [0.2, 0.25) is 5.91 Å². The Bertz CT molecular complexity index is 447. The van der Waals surface area contributed by atoms with Gasteiger partial charge in [0.05, 0.1) is 10.7 Å². The first-order valence-corrected chi connectivity index (χ1v) is 7.48. The van der Waals surface area contributed by atoms with Crippen molar-refractivity contribution < 1.29 is 4.79 Å². The average Bonchev–Trinajstić information content (AvgIpc) is 2.86. The maximum atomic E-state index is 11.4. The van der Waals surface area contributed by atoms with E-state index in [4.69, 9.17) is 4.98 Å². The van der Waals surface area contributed by atoms with Gasteiger partial charge in [0.1, 0.15) is 0 Å². The quantitative estimate of drug-likeness (QED) is 0.913. The highest BCUT2D eigenvalue weighted by atomic mass is 32.1. The molecule has 2 rings (SSSR count). The molecular formula is C14H22N2OS. The molecule has 1 aliphatic rings. The Morgan fingerprint density at radius 2 is 2.22 bits per heavy atom. The molecule has 0 aliphatic carbocycles. The minimum Gasteiger partial charge on any atom is -0.350 e. The molecule has 2 heterocycles. The number of hydrogen-bond acceptors (Lipinski definition) is 3. The van der Waals surface area contributed by atoms with Gasteiger partial charge >= 0.3 is 0 Å². The smallest absolute Gasteiger partial charge is 0.220 e. The summed E-state index contributed by atoms with van der Waals surface area (Å²) < 4.78 is 0. The Hall–Kier alpha value is -0.900. The zero-order valence-corrected chi connectivity index (χ0v) is 12.5. The standard InChI is InChI=1S/C14H22N2OS/c1-5-14(7-6-11(17)16-14)8-10-9-18-12(15-10)13(2,3)4/h9H,5-8H2,1-4H3,(H,16,17). The molecule has 1 unspecified atom stereocenters. The second-order valence-electron chi connectivity index (χ2n) is 6.25. The Kier molecular flexibility index (Phi) is 3.49. The van der Waals surface area contributed by atoms with Crippen LogP contribution in [-0.4, -0.2) is 16.4 Å². The van der Waals surface area contributed by atoms with Crippen LogP contribution in [0.3, 0.4) is 0 Å². The van der Waals surface area contributed by atoms with E-state index in [9.17, 15) is 4.79 Å². The predicted octanol–water partition coefficient (Wildman–Crippen LogP) is 3.04. The van der Waals surface area contributed by atoms with E-state index in [2.05, 4.69) is 38.4 Å². The van der Waals surface area contributed by atoms with E-state index in [1.54, 1.807) is 11.3 Å². The number of carbonyl (C=O) groups is 1. The molecule has 0 bridgehead atoms. The maximum Gasteiger partial charge on any atom is 0.220 e. The van der Waals surface area contributed by atoms with Crippen LogP contribution in [0.5, 0.6) is 0 Å². The Balaban J connectivity index is 2.14. The van der Waals surface area contributed by atoms with Gasteiger partial charge in [-0.15, -0.1) is 11.3 Å². The van der Waals surface area contributed by atoms with Crippen LogP contribution in [0.4, 0.5) is 0 Å². The highest BCUT2D eigenvalue weighted by molar-refractivity contribution is 7.09. The number of aromatic nitrogens is 1.